The Morgan fingerprint density at radius 3 is 2.63 bits per heavy atom. The van der Waals surface area contributed by atoms with E-state index in [2.05, 4.69) is 10.3 Å². The average Bonchev–Trinajstić information content (AvgIpc) is 3.13. The highest BCUT2D eigenvalue weighted by Gasteiger charge is 2.18. The molecule has 1 unspecified atom stereocenters. The third-order valence-corrected chi connectivity index (χ3v) is 4.42. The van der Waals surface area contributed by atoms with Gasteiger partial charge in [-0.15, -0.1) is 0 Å². The van der Waals surface area contributed by atoms with Crippen LogP contribution in [-0.4, -0.2) is 51.4 Å². The highest BCUT2D eigenvalue weighted by atomic mass is 16.3. The molecule has 0 aromatic carbocycles. The molecule has 0 aliphatic rings. The molecule has 3 aromatic rings. The number of nitrogens with one attached hydrogen (secondary N) is 1. The van der Waals surface area contributed by atoms with Crippen molar-refractivity contribution in [1.82, 2.24) is 24.2 Å². The molecule has 0 fully saturated rings. The zero-order chi connectivity index (χ0) is 19.9. The van der Waals surface area contributed by atoms with Gasteiger partial charge in [0.15, 0.2) is 0 Å². The second-order valence-corrected chi connectivity index (χ2v) is 7.20. The van der Waals surface area contributed by atoms with E-state index in [0.29, 0.717) is 12.2 Å². The molecule has 1 atom stereocenters. The van der Waals surface area contributed by atoms with E-state index in [4.69, 9.17) is 4.42 Å². The standard InChI is InChI=1S/C19H25N5O3/c1-11(8-22(4)5)20-18(25)15-9-24-10-16(14-7-12(2)27-13(14)3)23(6)19(26)17(24)21-15/h7,9-11H,8H2,1-6H3,(H,20,25). The van der Waals surface area contributed by atoms with Gasteiger partial charge in [0.2, 0.25) is 5.65 Å². The largest absolute Gasteiger partial charge is 0.466 e. The number of fused-ring (bicyclic) bond motifs is 1. The summed E-state index contributed by atoms with van der Waals surface area (Å²) in [7, 11) is 5.57. The molecule has 8 nitrogen and oxygen atoms in total. The van der Waals surface area contributed by atoms with Gasteiger partial charge < -0.3 is 19.2 Å². The van der Waals surface area contributed by atoms with Gasteiger partial charge in [-0.3, -0.25) is 14.0 Å². The third-order valence-electron chi connectivity index (χ3n) is 4.42. The van der Waals surface area contributed by atoms with E-state index in [0.717, 1.165) is 17.1 Å². The van der Waals surface area contributed by atoms with E-state index in [1.165, 1.54) is 4.57 Å². The second kappa shape index (κ2) is 7.03. The van der Waals surface area contributed by atoms with Gasteiger partial charge in [-0.25, -0.2) is 4.98 Å². The summed E-state index contributed by atoms with van der Waals surface area (Å²) < 4.78 is 8.71. The topological polar surface area (TPSA) is 84.8 Å². The molecule has 144 valence electrons. The number of aromatic nitrogens is 3. The van der Waals surface area contributed by atoms with E-state index < -0.39 is 0 Å². The predicted octanol–water partition coefficient (Wildman–Crippen LogP) is 1.59. The van der Waals surface area contributed by atoms with Crippen LogP contribution in [0.4, 0.5) is 0 Å². The number of furan rings is 1. The first-order valence-corrected chi connectivity index (χ1v) is 8.79. The molecule has 0 saturated heterocycles. The molecule has 8 heteroatoms. The van der Waals surface area contributed by atoms with Crippen LogP contribution in [0, 0.1) is 13.8 Å². The molecule has 0 aliphatic carbocycles. The lowest BCUT2D eigenvalue weighted by Crippen LogP contribution is -2.39. The number of amides is 1. The fraction of sp³-hybridized carbons (Fsp3) is 0.421. The van der Waals surface area contributed by atoms with Crippen LogP contribution in [0.15, 0.2) is 27.7 Å². The zero-order valence-corrected chi connectivity index (χ0v) is 16.5. The number of carbonyl (C=O) groups excluding carboxylic acids is 1. The molecule has 3 aromatic heterocycles. The number of hydrogen-bond donors (Lipinski definition) is 1. The summed E-state index contributed by atoms with van der Waals surface area (Å²) in [5.41, 5.74) is 1.70. The van der Waals surface area contributed by atoms with Gasteiger partial charge in [0.05, 0.1) is 5.69 Å². The summed E-state index contributed by atoms with van der Waals surface area (Å²) in [5.74, 6) is 1.21. The predicted molar refractivity (Wildman–Crippen MR) is 103 cm³/mol. The van der Waals surface area contributed by atoms with Crippen LogP contribution >= 0.6 is 0 Å². The van der Waals surface area contributed by atoms with Gasteiger partial charge in [-0.05, 0) is 40.9 Å². The third kappa shape index (κ3) is 3.66. The van der Waals surface area contributed by atoms with Crippen molar-refractivity contribution in [1.29, 1.82) is 0 Å². The van der Waals surface area contributed by atoms with Gasteiger partial charge in [0.25, 0.3) is 11.5 Å². The summed E-state index contributed by atoms with van der Waals surface area (Å²) in [5, 5.41) is 2.90. The molecule has 0 radical (unpaired) electrons. The second-order valence-electron chi connectivity index (χ2n) is 7.20. The lowest BCUT2D eigenvalue weighted by molar-refractivity contribution is 0.0930. The molecule has 3 rings (SSSR count). The molecule has 27 heavy (non-hydrogen) atoms. The normalized spacial score (nSPS) is 12.7. The smallest absolute Gasteiger partial charge is 0.294 e. The van der Waals surface area contributed by atoms with Gasteiger partial charge in [0.1, 0.15) is 17.2 Å². The molecular formula is C19H25N5O3. The number of hydrogen-bond acceptors (Lipinski definition) is 5. The molecule has 0 bridgehead atoms. The lowest BCUT2D eigenvalue weighted by atomic mass is 10.2. The van der Waals surface area contributed by atoms with Gasteiger partial charge in [0, 0.05) is 37.6 Å². The van der Waals surface area contributed by atoms with Crippen molar-refractivity contribution in [2.45, 2.75) is 26.8 Å². The minimum Gasteiger partial charge on any atom is -0.466 e. The van der Waals surface area contributed by atoms with Crippen molar-refractivity contribution in [2.24, 2.45) is 7.05 Å². The Morgan fingerprint density at radius 2 is 2.04 bits per heavy atom. The highest BCUT2D eigenvalue weighted by molar-refractivity contribution is 5.93. The van der Waals surface area contributed by atoms with Crippen LogP contribution < -0.4 is 10.9 Å². The van der Waals surface area contributed by atoms with E-state index in [1.807, 2.05) is 45.8 Å². The zero-order valence-electron chi connectivity index (χ0n) is 16.5. The summed E-state index contributed by atoms with van der Waals surface area (Å²) >= 11 is 0. The summed E-state index contributed by atoms with van der Waals surface area (Å²) in [6, 6.07) is 1.86. The molecule has 3 heterocycles. The molecule has 1 N–H and O–H groups in total. The SMILES string of the molecule is Cc1cc(-c2cn3cc(C(=O)NC(C)CN(C)C)nc3c(=O)n2C)c(C)o1. The first-order chi connectivity index (χ1) is 12.7. The van der Waals surface area contributed by atoms with E-state index >= 15 is 0 Å². The minimum atomic E-state index is -0.299. The summed E-state index contributed by atoms with van der Waals surface area (Å²) in [6.07, 6.45) is 3.38. The first kappa shape index (κ1) is 18.9. The number of aryl methyl sites for hydroxylation is 2. The van der Waals surface area contributed by atoms with Crippen LogP contribution in [0.1, 0.15) is 28.9 Å². The fourth-order valence-electron chi connectivity index (χ4n) is 3.26. The average molecular weight is 371 g/mol. The Balaban J connectivity index is 2.01. The number of carbonyl (C=O) groups is 1. The van der Waals surface area contributed by atoms with E-state index in [1.54, 1.807) is 23.8 Å². The van der Waals surface area contributed by atoms with Crippen LogP contribution in [0.3, 0.4) is 0 Å². The highest BCUT2D eigenvalue weighted by Crippen LogP contribution is 2.25. The maximum atomic E-state index is 12.8. The maximum absolute atomic E-state index is 12.8. The van der Waals surface area contributed by atoms with Crippen molar-refractivity contribution in [3.63, 3.8) is 0 Å². The minimum absolute atomic E-state index is 0.0349. The van der Waals surface area contributed by atoms with Crippen LogP contribution in [0.2, 0.25) is 0 Å². The van der Waals surface area contributed by atoms with Crippen molar-refractivity contribution in [3.8, 4) is 11.3 Å². The van der Waals surface area contributed by atoms with Crippen molar-refractivity contribution >= 4 is 11.6 Å². The quantitative estimate of drug-likeness (QED) is 0.736. The Bertz CT molecular complexity index is 1060. The number of nitrogens with zero attached hydrogens (tertiary/aromatic N) is 4. The lowest BCUT2D eigenvalue weighted by Gasteiger charge is -2.17. The van der Waals surface area contributed by atoms with Crippen LogP contribution in [-0.2, 0) is 7.05 Å². The van der Waals surface area contributed by atoms with E-state index in [9.17, 15) is 9.59 Å². The number of rotatable bonds is 5. The maximum Gasteiger partial charge on any atom is 0.294 e. The Morgan fingerprint density at radius 1 is 1.33 bits per heavy atom. The Labute approximate surface area is 157 Å². The molecular weight excluding hydrogens is 346 g/mol. The van der Waals surface area contributed by atoms with Gasteiger partial charge in [-0.2, -0.15) is 0 Å². The van der Waals surface area contributed by atoms with Gasteiger partial charge in [-0.1, -0.05) is 0 Å². The summed E-state index contributed by atoms with van der Waals surface area (Å²) in [4.78, 5) is 31.5. The fourth-order valence-corrected chi connectivity index (χ4v) is 3.26. The molecule has 0 saturated carbocycles. The number of likely N-dealkylation sites (N-methyl/N-ethyl adjacent to an activating group) is 1. The van der Waals surface area contributed by atoms with E-state index in [-0.39, 0.29) is 28.8 Å². The summed E-state index contributed by atoms with van der Waals surface area (Å²) in [6.45, 7) is 6.36. The van der Waals surface area contributed by atoms with Gasteiger partial charge >= 0.3 is 0 Å². The van der Waals surface area contributed by atoms with Crippen molar-refractivity contribution in [2.75, 3.05) is 20.6 Å². The molecule has 0 spiro atoms. The molecule has 0 aliphatic heterocycles. The first-order valence-electron chi connectivity index (χ1n) is 8.79. The van der Waals surface area contributed by atoms with Crippen LogP contribution in [0.25, 0.3) is 16.9 Å². The monoisotopic (exact) mass is 371 g/mol. The molecule has 1 amide bonds. The van der Waals surface area contributed by atoms with Crippen molar-refractivity contribution in [3.05, 3.63) is 46.0 Å². The Kier molecular flexibility index (Phi) is 4.93. The van der Waals surface area contributed by atoms with Crippen molar-refractivity contribution < 1.29 is 9.21 Å². The number of imidazole rings is 1. The Hall–Kier alpha value is -2.87. The van der Waals surface area contributed by atoms with Crippen LogP contribution in [0.5, 0.6) is 0 Å².